The molecule has 0 aromatic heterocycles. The summed E-state index contributed by atoms with van der Waals surface area (Å²) in [6, 6.07) is 6.98. The van der Waals surface area contributed by atoms with Gasteiger partial charge in [0.15, 0.2) is 0 Å². The van der Waals surface area contributed by atoms with E-state index >= 15 is 0 Å². The van der Waals surface area contributed by atoms with Crippen LogP contribution in [0.25, 0.3) is 0 Å². The van der Waals surface area contributed by atoms with Crippen LogP contribution in [0, 0.1) is 0 Å². The Morgan fingerprint density at radius 2 is 2.12 bits per heavy atom. The third-order valence-corrected chi connectivity index (χ3v) is 2.46. The lowest BCUT2D eigenvalue weighted by Crippen LogP contribution is -2.11. The van der Waals surface area contributed by atoms with Crippen molar-refractivity contribution in [2.75, 3.05) is 19.8 Å². The maximum Gasteiger partial charge on any atom is 0.338 e. The van der Waals surface area contributed by atoms with E-state index in [-0.39, 0.29) is 5.97 Å². The first-order valence-corrected chi connectivity index (χ1v) is 6.22. The average molecular weight is 254 g/mol. The van der Waals surface area contributed by atoms with Crippen LogP contribution in [0.5, 0.6) is 0 Å². The van der Waals surface area contributed by atoms with Crippen molar-refractivity contribution in [3.8, 4) is 0 Å². The number of carbonyl (C=O) groups excluding carboxylic acids is 1. The van der Waals surface area contributed by atoms with Gasteiger partial charge in [0.1, 0.15) is 6.61 Å². The average Bonchev–Trinajstić information content (AvgIpc) is 2.33. The summed E-state index contributed by atoms with van der Waals surface area (Å²) in [5.41, 5.74) is 0.519. The van der Waals surface area contributed by atoms with Crippen LogP contribution in [0.3, 0.4) is 0 Å². The maximum absolute atomic E-state index is 11.6. The smallest absolute Gasteiger partial charge is 0.338 e. The second kappa shape index (κ2) is 8.14. The number of unbranched alkanes of at least 4 members (excludes halogenated alkanes) is 1. The summed E-state index contributed by atoms with van der Waals surface area (Å²) in [5, 5.41) is 0. The summed E-state index contributed by atoms with van der Waals surface area (Å²) in [6.07, 6.45) is 2.14. The van der Waals surface area contributed by atoms with E-state index in [0.717, 1.165) is 24.3 Å². The highest BCUT2D eigenvalue weighted by Gasteiger charge is 2.06. The molecular weight excluding hydrogens is 236 g/mol. The lowest BCUT2D eigenvalue weighted by molar-refractivity contribution is 0.0313. The lowest BCUT2D eigenvalue weighted by Gasteiger charge is -2.06. The van der Waals surface area contributed by atoms with Crippen molar-refractivity contribution in [1.82, 2.24) is 0 Å². The molecule has 0 aliphatic rings. The summed E-state index contributed by atoms with van der Waals surface area (Å²) in [6.45, 7) is 3.57. The zero-order valence-corrected chi connectivity index (χ0v) is 10.9. The van der Waals surface area contributed by atoms with E-state index in [0.29, 0.717) is 18.8 Å². The van der Waals surface area contributed by atoms with Gasteiger partial charge in [-0.3, -0.25) is 0 Å². The Balaban J connectivity index is 2.21. The fraction of sp³-hybridized carbons (Fsp3) is 0.462. The van der Waals surface area contributed by atoms with Gasteiger partial charge in [0.2, 0.25) is 0 Å². The van der Waals surface area contributed by atoms with Gasteiger partial charge in [-0.2, -0.15) is 0 Å². The summed E-state index contributed by atoms with van der Waals surface area (Å²) in [4.78, 5) is 12.3. The van der Waals surface area contributed by atoms with E-state index in [4.69, 9.17) is 9.47 Å². The molecule has 0 unspecified atom stereocenters. The first kappa shape index (κ1) is 14.1. The quantitative estimate of drug-likeness (QED) is 0.461. The predicted octanol–water partition coefficient (Wildman–Crippen LogP) is 2.95. The molecule has 1 aromatic rings. The zero-order valence-electron chi connectivity index (χ0n) is 10.0. The van der Waals surface area contributed by atoms with Gasteiger partial charge in [0.25, 0.3) is 0 Å². The monoisotopic (exact) mass is 254 g/mol. The number of ether oxygens (including phenoxy) is 2. The zero-order chi connectivity index (χ0) is 12.5. The molecule has 94 valence electrons. The molecule has 17 heavy (non-hydrogen) atoms. The molecule has 0 heterocycles. The third kappa shape index (κ3) is 5.75. The SMILES string of the molecule is CCCCOCCOC(=O)c1cccc(S)c1. The standard InChI is InChI=1S/C13H18O3S/c1-2-3-7-15-8-9-16-13(14)11-5-4-6-12(17)10-11/h4-6,10,17H,2-3,7-9H2,1H3. The largest absolute Gasteiger partial charge is 0.460 e. The van der Waals surface area contributed by atoms with Crippen LogP contribution in [0.15, 0.2) is 29.2 Å². The molecule has 0 radical (unpaired) electrons. The molecule has 0 atom stereocenters. The molecule has 0 saturated heterocycles. The summed E-state index contributed by atoms with van der Waals surface area (Å²) in [5.74, 6) is -0.333. The molecule has 0 spiro atoms. The van der Waals surface area contributed by atoms with Crippen LogP contribution >= 0.6 is 12.6 Å². The van der Waals surface area contributed by atoms with Gasteiger partial charge in [-0.05, 0) is 24.6 Å². The van der Waals surface area contributed by atoms with Gasteiger partial charge in [-0.25, -0.2) is 4.79 Å². The van der Waals surface area contributed by atoms with Gasteiger partial charge in [-0.1, -0.05) is 19.4 Å². The molecule has 0 saturated carbocycles. The van der Waals surface area contributed by atoms with Crippen LogP contribution in [-0.2, 0) is 9.47 Å². The van der Waals surface area contributed by atoms with E-state index in [9.17, 15) is 4.79 Å². The van der Waals surface area contributed by atoms with Gasteiger partial charge in [0.05, 0.1) is 12.2 Å². The van der Waals surface area contributed by atoms with Gasteiger partial charge in [0, 0.05) is 11.5 Å². The molecule has 1 aromatic carbocycles. The number of carbonyl (C=O) groups is 1. The number of benzene rings is 1. The second-order valence-electron chi connectivity index (χ2n) is 3.65. The van der Waals surface area contributed by atoms with Crippen molar-refractivity contribution < 1.29 is 14.3 Å². The van der Waals surface area contributed by atoms with Crippen molar-refractivity contribution in [1.29, 1.82) is 0 Å². The highest BCUT2D eigenvalue weighted by atomic mass is 32.1. The molecule has 0 N–H and O–H groups in total. The van der Waals surface area contributed by atoms with Crippen LogP contribution in [0.2, 0.25) is 0 Å². The highest BCUT2D eigenvalue weighted by molar-refractivity contribution is 7.80. The number of rotatable bonds is 7. The molecule has 0 amide bonds. The fourth-order valence-electron chi connectivity index (χ4n) is 1.26. The normalized spacial score (nSPS) is 10.2. The fourth-order valence-corrected chi connectivity index (χ4v) is 1.48. The minimum absolute atomic E-state index is 0.291. The van der Waals surface area contributed by atoms with Gasteiger partial charge >= 0.3 is 5.97 Å². The maximum atomic E-state index is 11.6. The van der Waals surface area contributed by atoms with Gasteiger partial charge in [-0.15, -0.1) is 12.6 Å². The van der Waals surface area contributed by atoms with E-state index in [1.807, 2.05) is 6.07 Å². The van der Waals surface area contributed by atoms with Crippen molar-refractivity contribution in [3.63, 3.8) is 0 Å². The Kier molecular flexibility index (Phi) is 6.74. The minimum atomic E-state index is -0.333. The summed E-state index contributed by atoms with van der Waals surface area (Å²) in [7, 11) is 0. The molecule has 4 heteroatoms. The molecule has 0 fully saturated rings. The number of thiol groups is 1. The van der Waals surface area contributed by atoms with Crippen LogP contribution in [0.1, 0.15) is 30.1 Å². The van der Waals surface area contributed by atoms with Crippen LogP contribution in [0.4, 0.5) is 0 Å². The molecule has 1 rings (SSSR count). The minimum Gasteiger partial charge on any atom is -0.460 e. The lowest BCUT2D eigenvalue weighted by atomic mass is 10.2. The van der Waals surface area contributed by atoms with Crippen LogP contribution in [-0.4, -0.2) is 25.8 Å². The Morgan fingerprint density at radius 3 is 2.82 bits per heavy atom. The Labute approximate surface area is 108 Å². The summed E-state index contributed by atoms with van der Waals surface area (Å²) < 4.78 is 10.4. The first-order valence-electron chi connectivity index (χ1n) is 5.78. The number of esters is 1. The third-order valence-electron chi connectivity index (χ3n) is 2.18. The number of hydrogen-bond donors (Lipinski definition) is 1. The Morgan fingerprint density at radius 1 is 1.29 bits per heavy atom. The van der Waals surface area contributed by atoms with E-state index in [1.54, 1.807) is 18.2 Å². The first-order chi connectivity index (χ1) is 8.24. The molecule has 0 bridgehead atoms. The van der Waals surface area contributed by atoms with Crippen molar-refractivity contribution in [3.05, 3.63) is 29.8 Å². The molecule has 0 aliphatic heterocycles. The number of hydrogen-bond acceptors (Lipinski definition) is 4. The second-order valence-corrected chi connectivity index (χ2v) is 4.17. The van der Waals surface area contributed by atoms with Crippen LogP contribution < -0.4 is 0 Å². The molecule has 3 nitrogen and oxygen atoms in total. The highest BCUT2D eigenvalue weighted by Crippen LogP contribution is 2.09. The summed E-state index contributed by atoms with van der Waals surface area (Å²) >= 11 is 4.16. The van der Waals surface area contributed by atoms with Gasteiger partial charge < -0.3 is 9.47 Å². The molecule has 0 aliphatic carbocycles. The van der Waals surface area contributed by atoms with Crippen molar-refractivity contribution in [2.24, 2.45) is 0 Å². The topological polar surface area (TPSA) is 35.5 Å². The van der Waals surface area contributed by atoms with E-state index in [2.05, 4.69) is 19.6 Å². The van der Waals surface area contributed by atoms with E-state index in [1.165, 1.54) is 0 Å². The van der Waals surface area contributed by atoms with Crippen molar-refractivity contribution >= 4 is 18.6 Å². The molecular formula is C13H18O3S. The van der Waals surface area contributed by atoms with E-state index < -0.39 is 0 Å². The predicted molar refractivity (Wildman–Crippen MR) is 69.7 cm³/mol. The Bertz CT molecular complexity index is 352. The Hall–Kier alpha value is -1.00. The van der Waals surface area contributed by atoms with Crippen molar-refractivity contribution in [2.45, 2.75) is 24.7 Å².